The van der Waals surface area contributed by atoms with Gasteiger partial charge in [-0.3, -0.25) is 9.59 Å². The molecule has 0 radical (unpaired) electrons. The number of anilines is 2. The molecule has 3 rings (SSSR count). The Morgan fingerprint density at radius 2 is 1.93 bits per heavy atom. The summed E-state index contributed by atoms with van der Waals surface area (Å²) in [6.45, 7) is 8.46. The summed E-state index contributed by atoms with van der Waals surface area (Å²) in [6, 6.07) is 0. The molecule has 8 nitrogen and oxygen atoms in total. The maximum Gasteiger partial charge on any atom is 0.219 e. The largest absolute Gasteiger partial charge is 0.346 e. The molecule has 1 amide bonds. The van der Waals surface area contributed by atoms with Gasteiger partial charge in [-0.1, -0.05) is 22.9 Å². The number of hydrogen-bond acceptors (Lipinski definition) is 9. The minimum absolute atomic E-state index is 0.145. The van der Waals surface area contributed by atoms with Crippen LogP contribution in [0.25, 0.3) is 0 Å². The van der Waals surface area contributed by atoms with Crippen molar-refractivity contribution in [3.05, 3.63) is 22.1 Å². The lowest BCUT2D eigenvalue weighted by atomic mass is 10.3. The number of aromatic nitrogens is 2. The molecule has 0 atom stereocenters. The highest BCUT2D eigenvalue weighted by Crippen LogP contribution is 2.26. The number of hydrogen-bond donors (Lipinski definition) is 1. The van der Waals surface area contributed by atoms with Crippen molar-refractivity contribution >= 4 is 56.2 Å². The van der Waals surface area contributed by atoms with Crippen LogP contribution in [0.2, 0.25) is 4.34 Å². The molecule has 1 aliphatic rings. The zero-order valence-electron chi connectivity index (χ0n) is 16.7. The zero-order valence-corrected chi connectivity index (χ0v) is 19.1. The molecular formula is C18H27ClN6O2S2. The number of ketones is 1. The summed E-state index contributed by atoms with van der Waals surface area (Å²) < 4.78 is 0.707. The van der Waals surface area contributed by atoms with E-state index >= 15 is 0 Å². The summed E-state index contributed by atoms with van der Waals surface area (Å²) in [7, 11) is 0. The molecule has 3 heterocycles. The van der Waals surface area contributed by atoms with Crippen LogP contribution in [0, 0.1) is 0 Å². The van der Waals surface area contributed by atoms with Gasteiger partial charge >= 0.3 is 0 Å². The van der Waals surface area contributed by atoms with E-state index in [1.807, 2.05) is 15.2 Å². The van der Waals surface area contributed by atoms with Crippen LogP contribution in [0.3, 0.4) is 0 Å². The van der Waals surface area contributed by atoms with Crippen LogP contribution in [0.4, 0.5) is 10.3 Å². The first-order valence-electron chi connectivity index (χ1n) is 9.36. The monoisotopic (exact) mass is 458 g/mol. The van der Waals surface area contributed by atoms with Gasteiger partial charge in [-0.2, -0.15) is 0 Å². The van der Waals surface area contributed by atoms with Gasteiger partial charge < -0.3 is 20.4 Å². The highest BCUT2D eigenvalue weighted by Gasteiger charge is 2.20. The summed E-state index contributed by atoms with van der Waals surface area (Å²) >= 11 is 8.87. The van der Waals surface area contributed by atoms with Crippen molar-refractivity contribution in [1.29, 1.82) is 0 Å². The van der Waals surface area contributed by atoms with Gasteiger partial charge in [0.05, 0.1) is 6.20 Å². The van der Waals surface area contributed by atoms with E-state index in [1.54, 1.807) is 37.6 Å². The molecule has 29 heavy (non-hydrogen) atoms. The molecule has 1 fully saturated rings. The molecule has 2 aromatic heterocycles. The van der Waals surface area contributed by atoms with Gasteiger partial charge in [-0.05, 0) is 6.92 Å². The van der Waals surface area contributed by atoms with Gasteiger partial charge in [-0.25, -0.2) is 9.97 Å². The van der Waals surface area contributed by atoms with E-state index in [1.165, 1.54) is 11.3 Å². The average molecular weight is 459 g/mol. The standard InChI is InChI=1S/C9H12ClN3OS.C9H15N3OS/c1-7(14)12-2-4-13(5-3-12)9-11-6-8(10)15-9;1-8(13)2-5-12(6-3-10)9-11-4-7-14-9/h6H,2-5H2,1H3;4,7H,2-3,5-6,10H2,1H3. The fourth-order valence-electron chi connectivity index (χ4n) is 2.73. The molecule has 2 aromatic rings. The van der Waals surface area contributed by atoms with E-state index in [9.17, 15) is 9.59 Å². The number of Topliss-reactive ketones (excluding diaryl/α,β-unsaturated/α-hetero) is 1. The van der Waals surface area contributed by atoms with Gasteiger partial charge in [0, 0.05) is 70.7 Å². The summed E-state index contributed by atoms with van der Waals surface area (Å²) in [5, 5.41) is 3.81. The Labute approximate surface area is 184 Å². The third-order valence-corrected chi connectivity index (χ3v) is 6.29. The van der Waals surface area contributed by atoms with Crippen LogP contribution in [0.5, 0.6) is 0 Å². The smallest absolute Gasteiger partial charge is 0.219 e. The number of nitrogens with two attached hydrogens (primary N) is 1. The van der Waals surface area contributed by atoms with E-state index in [0.29, 0.717) is 23.8 Å². The average Bonchev–Trinajstić information content (AvgIpc) is 3.37. The van der Waals surface area contributed by atoms with Gasteiger partial charge in [0.15, 0.2) is 10.3 Å². The first-order valence-corrected chi connectivity index (χ1v) is 11.4. The summed E-state index contributed by atoms with van der Waals surface area (Å²) in [4.78, 5) is 36.4. The second-order valence-corrected chi connectivity index (χ2v) is 9.00. The fourth-order valence-corrected chi connectivity index (χ4v) is 4.38. The first-order chi connectivity index (χ1) is 13.9. The lowest BCUT2D eigenvalue weighted by molar-refractivity contribution is -0.129. The summed E-state index contributed by atoms with van der Waals surface area (Å²) in [5.41, 5.74) is 5.49. The van der Waals surface area contributed by atoms with E-state index in [-0.39, 0.29) is 11.7 Å². The molecule has 1 saturated heterocycles. The summed E-state index contributed by atoms with van der Waals surface area (Å²) in [6.07, 6.45) is 3.98. The molecule has 0 spiro atoms. The predicted octanol–water partition coefficient (Wildman–Crippen LogP) is 2.35. The van der Waals surface area contributed by atoms with Crippen LogP contribution >= 0.6 is 34.3 Å². The quantitative estimate of drug-likeness (QED) is 0.680. The second kappa shape index (κ2) is 12.1. The Balaban J connectivity index is 0.000000208. The Morgan fingerprint density at radius 3 is 2.41 bits per heavy atom. The Hall–Kier alpha value is -1.75. The molecule has 160 valence electrons. The molecule has 0 unspecified atom stereocenters. The lowest BCUT2D eigenvalue weighted by Gasteiger charge is -2.33. The summed E-state index contributed by atoms with van der Waals surface area (Å²) in [5.74, 6) is 0.343. The van der Waals surface area contributed by atoms with Crippen LogP contribution in [0.15, 0.2) is 17.8 Å². The van der Waals surface area contributed by atoms with Crippen molar-refractivity contribution in [1.82, 2.24) is 14.9 Å². The number of piperazine rings is 1. The van der Waals surface area contributed by atoms with E-state index in [4.69, 9.17) is 17.3 Å². The molecule has 11 heteroatoms. The van der Waals surface area contributed by atoms with E-state index < -0.39 is 0 Å². The second-order valence-electron chi connectivity index (χ2n) is 6.48. The maximum absolute atomic E-state index is 11.1. The van der Waals surface area contributed by atoms with E-state index in [0.717, 1.165) is 43.0 Å². The highest BCUT2D eigenvalue weighted by atomic mass is 35.5. The molecule has 0 aromatic carbocycles. The molecule has 0 bridgehead atoms. The highest BCUT2D eigenvalue weighted by molar-refractivity contribution is 7.19. The number of amides is 1. The van der Waals surface area contributed by atoms with Gasteiger partial charge in [0.25, 0.3) is 0 Å². The van der Waals surface area contributed by atoms with E-state index in [2.05, 4.69) is 14.9 Å². The number of nitrogens with zero attached hydrogens (tertiary/aromatic N) is 5. The van der Waals surface area contributed by atoms with Crippen molar-refractivity contribution in [2.45, 2.75) is 20.3 Å². The number of halogens is 1. The zero-order chi connectivity index (χ0) is 21.2. The van der Waals surface area contributed by atoms with Crippen molar-refractivity contribution < 1.29 is 9.59 Å². The normalized spacial score (nSPS) is 13.7. The minimum Gasteiger partial charge on any atom is -0.346 e. The minimum atomic E-state index is 0.145. The molecule has 0 aliphatic carbocycles. The molecule has 2 N–H and O–H groups in total. The lowest BCUT2D eigenvalue weighted by Crippen LogP contribution is -2.48. The number of rotatable bonds is 7. The fraction of sp³-hybridized carbons (Fsp3) is 0.556. The Morgan fingerprint density at radius 1 is 1.21 bits per heavy atom. The molecular weight excluding hydrogens is 432 g/mol. The van der Waals surface area contributed by atoms with Crippen molar-refractivity contribution in [3.63, 3.8) is 0 Å². The Bertz CT molecular complexity index is 762. The number of carbonyl (C=O) groups excluding carboxylic acids is 2. The first kappa shape index (κ1) is 23.5. The van der Waals surface area contributed by atoms with Crippen LogP contribution < -0.4 is 15.5 Å². The molecule has 0 saturated carbocycles. The van der Waals surface area contributed by atoms with Gasteiger partial charge in [-0.15, -0.1) is 11.3 Å². The van der Waals surface area contributed by atoms with Crippen LogP contribution in [-0.2, 0) is 9.59 Å². The van der Waals surface area contributed by atoms with Crippen LogP contribution in [0.1, 0.15) is 20.3 Å². The van der Waals surface area contributed by atoms with Crippen molar-refractivity contribution in [2.75, 3.05) is 55.6 Å². The SMILES string of the molecule is CC(=O)CCN(CCN)c1nccs1.CC(=O)N1CCN(c2ncc(Cl)s2)CC1. The van der Waals surface area contributed by atoms with Gasteiger partial charge in [0.2, 0.25) is 5.91 Å². The van der Waals surface area contributed by atoms with Gasteiger partial charge in [0.1, 0.15) is 10.1 Å². The maximum atomic E-state index is 11.1. The van der Waals surface area contributed by atoms with Crippen molar-refractivity contribution in [2.24, 2.45) is 5.73 Å². The predicted molar refractivity (Wildman–Crippen MR) is 120 cm³/mol. The van der Waals surface area contributed by atoms with Crippen molar-refractivity contribution in [3.8, 4) is 0 Å². The topological polar surface area (TPSA) is 95.7 Å². The Kier molecular flexibility index (Phi) is 9.79. The number of thiazole rings is 2. The molecule has 1 aliphatic heterocycles. The third-order valence-electron chi connectivity index (χ3n) is 4.28. The number of carbonyl (C=O) groups is 2. The van der Waals surface area contributed by atoms with Crippen LogP contribution in [-0.4, -0.2) is 72.4 Å². The third kappa shape index (κ3) is 7.88.